The molecule has 4 rings (SSSR count). The van der Waals surface area contributed by atoms with Crippen LogP contribution in [0.3, 0.4) is 0 Å². The van der Waals surface area contributed by atoms with Crippen LogP contribution in [0.1, 0.15) is 69.0 Å². The van der Waals surface area contributed by atoms with Crippen LogP contribution in [0.2, 0.25) is 5.02 Å². The van der Waals surface area contributed by atoms with Crippen LogP contribution in [0, 0.1) is 5.92 Å². The number of pyridine rings is 1. The zero-order chi connectivity index (χ0) is 27.0. The predicted molar refractivity (Wildman–Crippen MR) is 153 cm³/mol. The summed E-state index contributed by atoms with van der Waals surface area (Å²) in [4.78, 5) is 37.9. The third-order valence-electron chi connectivity index (χ3n) is 5.52. The highest BCUT2D eigenvalue weighted by Gasteiger charge is 2.18. The quantitative estimate of drug-likeness (QED) is 0.227. The molecule has 2 heterocycles. The first kappa shape index (κ1) is 30.4. The maximum absolute atomic E-state index is 12.4. The van der Waals surface area contributed by atoms with E-state index in [0.717, 1.165) is 22.4 Å². The molecule has 1 aliphatic carbocycles. The van der Waals surface area contributed by atoms with Crippen molar-refractivity contribution in [3.63, 3.8) is 0 Å². The van der Waals surface area contributed by atoms with Crippen molar-refractivity contribution >= 4 is 62.6 Å². The lowest BCUT2D eigenvalue weighted by Gasteiger charge is -2.15. The normalized spacial score (nSPS) is 13.0. The van der Waals surface area contributed by atoms with Gasteiger partial charge in [-0.05, 0) is 37.5 Å². The number of hydrogen-bond donors (Lipinski definition) is 2. The lowest BCUT2D eigenvalue weighted by molar-refractivity contribution is -0.121. The van der Waals surface area contributed by atoms with Gasteiger partial charge in [-0.15, -0.1) is 11.3 Å². The van der Waals surface area contributed by atoms with Crippen molar-refractivity contribution in [1.82, 2.24) is 4.98 Å². The van der Waals surface area contributed by atoms with Gasteiger partial charge in [-0.1, -0.05) is 75.8 Å². The number of hydrogen-bond acceptors (Lipinski definition) is 6. The molecule has 3 aromatic rings. The van der Waals surface area contributed by atoms with Crippen molar-refractivity contribution in [2.24, 2.45) is 5.92 Å². The molecule has 9 heteroatoms. The molecule has 1 saturated carbocycles. The van der Waals surface area contributed by atoms with Crippen molar-refractivity contribution in [1.29, 1.82) is 0 Å². The Bertz CT molecular complexity index is 1130. The highest BCUT2D eigenvalue weighted by molar-refractivity contribution is 7.21. The average Bonchev–Trinajstić information content (AvgIpc) is 3.26. The molecule has 0 aliphatic heterocycles. The fourth-order valence-electron chi connectivity index (χ4n) is 3.70. The first-order chi connectivity index (χ1) is 17.8. The molecule has 1 aliphatic rings. The SMILES string of the molecule is CC1CCCCC1.CCCOCC(C)=O.O=CNc1c(C(=O)Nc2ccc(Cl)cn2)sc2ccccc12. The number of rotatable bonds is 8. The second-order valence-corrected chi connectivity index (χ2v) is 10.4. The van der Waals surface area contributed by atoms with Crippen LogP contribution in [0.15, 0.2) is 42.6 Å². The number of benzene rings is 1. The number of fused-ring (bicyclic) bond motifs is 1. The maximum Gasteiger partial charge on any atom is 0.269 e. The van der Waals surface area contributed by atoms with Crippen LogP contribution >= 0.6 is 22.9 Å². The number of amides is 2. The Morgan fingerprint density at radius 2 is 1.89 bits per heavy atom. The Labute approximate surface area is 228 Å². The summed E-state index contributed by atoms with van der Waals surface area (Å²) in [5.74, 6) is 1.19. The van der Waals surface area contributed by atoms with Crippen molar-refractivity contribution < 1.29 is 19.1 Å². The molecule has 0 spiro atoms. The highest BCUT2D eigenvalue weighted by atomic mass is 35.5. The van der Waals surface area contributed by atoms with Gasteiger partial charge in [0.05, 0.1) is 10.7 Å². The number of nitrogens with one attached hydrogen (secondary N) is 2. The largest absolute Gasteiger partial charge is 0.374 e. The summed E-state index contributed by atoms with van der Waals surface area (Å²) < 4.78 is 5.81. The van der Waals surface area contributed by atoms with Gasteiger partial charge in [0.15, 0.2) is 5.78 Å². The Morgan fingerprint density at radius 3 is 2.46 bits per heavy atom. The van der Waals surface area contributed by atoms with Crippen LogP contribution in [0.25, 0.3) is 10.1 Å². The van der Waals surface area contributed by atoms with E-state index in [1.54, 1.807) is 12.1 Å². The van der Waals surface area contributed by atoms with Gasteiger partial charge in [0.1, 0.15) is 17.3 Å². The van der Waals surface area contributed by atoms with Gasteiger partial charge in [0, 0.05) is 22.9 Å². The van der Waals surface area contributed by atoms with Crippen molar-refractivity contribution in [3.05, 3.63) is 52.5 Å². The summed E-state index contributed by atoms with van der Waals surface area (Å²) in [6.07, 6.45) is 10.4. The number of ketones is 1. The smallest absolute Gasteiger partial charge is 0.269 e. The lowest BCUT2D eigenvalue weighted by atomic mass is 9.91. The Balaban J connectivity index is 0.000000263. The van der Waals surface area contributed by atoms with Crippen LogP contribution in [0.5, 0.6) is 0 Å². The minimum Gasteiger partial charge on any atom is -0.374 e. The Kier molecular flexibility index (Phi) is 13.8. The van der Waals surface area contributed by atoms with Crippen molar-refractivity contribution in [2.45, 2.75) is 59.3 Å². The number of carbonyl (C=O) groups excluding carboxylic acids is 3. The van der Waals surface area contributed by atoms with E-state index in [4.69, 9.17) is 16.3 Å². The average molecular weight is 546 g/mol. The fraction of sp³-hybridized carbons (Fsp3) is 0.429. The van der Waals surface area contributed by atoms with E-state index >= 15 is 0 Å². The van der Waals surface area contributed by atoms with E-state index in [-0.39, 0.29) is 18.3 Å². The molecule has 0 unspecified atom stereocenters. The summed E-state index contributed by atoms with van der Waals surface area (Å²) >= 11 is 7.07. The highest BCUT2D eigenvalue weighted by Crippen LogP contribution is 2.35. The van der Waals surface area contributed by atoms with E-state index in [0.29, 0.717) is 34.4 Å². The van der Waals surface area contributed by atoms with E-state index in [2.05, 4.69) is 22.5 Å². The van der Waals surface area contributed by atoms with Gasteiger partial charge < -0.3 is 15.4 Å². The lowest BCUT2D eigenvalue weighted by Crippen LogP contribution is -2.13. The third kappa shape index (κ3) is 11.0. The van der Waals surface area contributed by atoms with E-state index in [1.807, 2.05) is 31.2 Å². The van der Waals surface area contributed by atoms with Crippen LogP contribution < -0.4 is 10.6 Å². The number of anilines is 2. The second kappa shape index (κ2) is 16.8. The van der Waals surface area contributed by atoms with Gasteiger partial charge in [-0.2, -0.15) is 0 Å². The molecule has 2 amide bonds. The molecule has 37 heavy (non-hydrogen) atoms. The van der Waals surface area contributed by atoms with E-state index in [9.17, 15) is 14.4 Å². The molecule has 2 N–H and O–H groups in total. The summed E-state index contributed by atoms with van der Waals surface area (Å²) in [6, 6.07) is 10.7. The second-order valence-electron chi connectivity index (χ2n) is 8.88. The molecule has 1 fully saturated rings. The first-order valence-corrected chi connectivity index (χ1v) is 13.8. The fourth-order valence-corrected chi connectivity index (χ4v) is 4.87. The predicted octanol–water partition coefficient (Wildman–Crippen LogP) is 7.36. The zero-order valence-corrected chi connectivity index (χ0v) is 23.3. The number of carbonyl (C=O) groups is 3. The van der Waals surface area contributed by atoms with Gasteiger partial charge in [0.25, 0.3) is 5.91 Å². The zero-order valence-electron chi connectivity index (χ0n) is 21.7. The van der Waals surface area contributed by atoms with Gasteiger partial charge in [-0.3, -0.25) is 14.4 Å². The van der Waals surface area contributed by atoms with E-state index in [1.165, 1.54) is 56.6 Å². The Morgan fingerprint density at radius 1 is 1.16 bits per heavy atom. The van der Waals surface area contributed by atoms with Gasteiger partial charge in [-0.25, -0.2) is 4.98 Å². The number of ether oxygens (including phenoxy) is 1. The monoisotopic (exact) mass is 545 g/mol. The number of halogens is 1. The number of thiophene rings is 1. The van der Waals surface area contributed by atoms with Crippen molar-refractivity contribution in [2.75, 3.05) is 23.8 Å². The minimum atomic E-state index is -0.333. The number of aromatic nitrogens is 1. The summed E-state index contributed by atoms with van der Waals surface area (Å²) in [5.41, 5.74) is 0.502. The van der Waals surface area contributed by atoms with Crippen LogP contribution in [0.4, 0.5) is 11.5 Å². The molecular weight excluding hydrogens is 510 g/mol. The molecular formula is C28H36ClN3O4S. The topological polar surface area (TPSA) is 97.4 Å². The maximum atomic E-state index is 12.4. The Hall–Kier alpha value is -2.81. The van der Waals surface area contributed by atoms with Crippen LogP contribution in [-0.4, -0.2) is 36.3 Å². The van der Waals surface area contributed by atoms with Gasteiger partial charge in [0.2, 0.25) is 6.41 Å². The number of nitrogens with zero attached hydrogens (tertiary/aromatic N) is 1. The minimum absolute atomic E-state index is 0.0958. The molecule has 7 nitrogen and oxygen atoms in total. The van der Waals surface area contributed by atoms with Crippen LogP contribution in [-0.2, 0) is 14.3 Å². The standard InChI is InChI=1S/C15H10ClN3O2S.C7H14.C6H12O2/c16-9-5-6-12(17-7-9)19-15(21)14-13(18-8-20)10-3-1-2-4-11(10)22-14;1-7-5-3-2-4-6-7;1-3-4-8-5-6(2)7/h1-8H,(H,18,20)(H,17,19,21);7H,2-6H2,1H3;3-5H2,1-2H3. The summed E-state index contributed by atoms with van der Waals surface area (Å²) in [6.45, 7) is 6.86. The molecule has 0 atom stereocenters. The summed E-state index contributed by atoms with van der Waals surface area (Å²) in [5, 5.41) is 6.61. The molecule has 0 bridgehead atoms. The number of Topliss-reactive ketones (excluding diaryl/α,β-unsaturated/α-hetero) is 1. The van der Waals surface area contributed by atoms with Crippen molar-refractivity contribution in [3.8, 4) is 0 Å². The molecule has 0 saturated heterocycles. The molecule has 2 aromatic heterocycles. The third-order valence-corrected chi connectivity index (χ3v) is 6.91. The molecule has 0 radical (unpaired) electrons. The summed E-state index contributed by atoms with van der Waals surface area (Å²) in [7, 11) is 0. The van der Waals surface area contributed by atoms with E-state index < -0.39 is 0 Å². The van der Waals surface area contributed by atoms with Gasteiger partial charge >= 0.3 is 0 Å². The molecule has 1 aromatic carbocycles. The molecule has 200 valence electrons. The first-order valence-electron chi connectivity index (χ1n) is 12.6.